The first-order valence-corrected chi connectivity index (χ1v) is 10.1. The van der Waals surface area contributed by atoms with Crippen LogP contribution in [-0.4, -0.2) is 4.98 Å². The number of hydrogen-bond acceptors (Lipinski definition) is 3. The van der Waals surface area contributed by atoms with Crippen LogP contribution in [0.3, 0.4) is 0 Å². The molecule has 0 amide bonds. The second-order valence-electron chi connectivity index (χ2n) is 7.02. The van der Waals surface area contributed by atoms with Gasteiger partial charge >= 0.3 is 0 Å². The maximum absolute atomic E-state index is 14.3. The molecule has 0 aliphatic heterocycles. The molecule has 0 radical (unpaired) electrons. The molecule has 0 atom stereocenters. The monoisotopic (exact) mass is 385 g/mol. The average molecular weight is 385 g/mol. The summed E-state index contributed by atoms with van der Waals surface area (Å²) in [5, 5.41) is 3.23. The normalized spacial score (nSPS) is 14.6. The molecule has 2 nitrogen and oxygen atoms in total. The van der Waals surface area contributed by atoms with Gasteiger partial charge in [-0.25, -0.2) is 13.8 Å². The van der Waals surface area contributed by atoms with Gasteiger partial charge in [0.15, 0.2) is 0 Å². The summed E-state index contributed by atoms with van der Waals surface area (Å²) in [6.45, 7) is 1.96. The summed E-state index contributed by atoms with van der Waals surface area (Å²) in [7, 11) is 0. The molecule has 4 rings (SSSR count). The number of aromatic nitrogens is 1. The van der Waals surface area contributed by atoms with Crippen LogP contribution in [0.2, 0.25) is 0 Å². The van der Waals surface area contributed by atoms with E-state index in [0.717, 1.165) is 11.8 Å². The van der Waals surface area contributed by atoms with E-state index in [0.29, 0.717) is 35.0 Å². The summed E-state index contributed by atoms with van der Waals surface area (Å²) in [5.74, 6) is 0.0213. The molecule has 1 fully saturated rings. The Morgan fingerprint density at radius 3 is 2.67 bits per heavy atom. The average Bonchev–Trinajstić information content (AvgIpc) is 3.35. The second-order valence-corrected chi connectivity index (χ2v) is 7.91. The van der Waals surface area contributed by atoms with E-state index in [-0.39, 0.29) is 0 Å². The van der Waals surface area contributed by atoms with Crippen LogP contribution in [0.25, 0.3) is 11.1 Å². The minimum Gasteiger partial charge on any atom is -0.487 e. The van der Waals surface area contributed by atoms with E-state index in [1.165, 1.54) is 36.8 Å². The highest BCUT2D eigenvalue weighted by Gasteiger charge is 2.20. The van der Waals surface area contributed by atoms with Gasteiger partial charge in [0.1, 0.15) is 24.0 Å². The SMILES string of the molecule is Cc1cc(-c2ccccc2OCc2csc(C3CCCC3)n2)c(F)cc1F. The van der Waals surface area contributed by atoms with Crippen LogP contribution in [-0.2, 0) is 6.61 Å². The zero-order chi connectivity index (χ0) is 18.8. The van der Waals surface area contributed by atoms with Crippen molar-refractivity contribution in [3.63, 3.8) is 0 Å². The third-order valence-electron chi connectivity index (χ3n) is 5.08. The highest BCUT2D eigenvalue weighted by Crippen LogP contribution is 2.36. The summed E-state index contributed by atoms with van der Waals surface area (Å²) in [4.78, 5) is 4.72. The Balaban J connectivity index is 1.55. The first-order valence-electron chi connectivity index (χ1n) is 9.24. The zero-order valence-corrected chi connectivity index (χ0v) is 16.0. The Morgan fingerprint density at radius 1 is 1.07 bits per heavy atom. The van der Waals surface area contributed by atoms with Gasteiger partial charge in [-0.1, -0.05) is 31.0 Å². The molecular formula is C22H21F2NOS. The highest BCUT2D eigenvalue weighted by molar-refractivity contribution is 7.09. The molecule has 1 aliphatic carbocycles. The van der Waals surface area contributed by atoms with Crippen molar-refractivity contribution in [2.24, 2.45) is 0 Å². The van der Waals surface area contributed by atoms with Gasteiger partial charge in [-0.3, -0.25) is 0 Å². The molecule has 2 aromatic carbocycles. The number of nitrogens with zero attached hydrogens (tertiary/aromatic N) is 1. The van der Waals surface area contributed by atoms with Crippen molar-refractivity contribution in [3.05, 3.63) is 69.7 Å². The third kappa shape index (κ3) is 3.88. The molecule has 1 saturated carbocycles. The van der Waals surface area contributed by atoms with Gasteiger partial charge in [0.25, 0.3) is 0 Å². The summed E-state index contributed by atoms with van der Waals surface area (Å²) in [6, 6.07) is 9.71. The number of benzene rings is 2. The van der Waals surface area contributed by atoms with Crippen molar-refractivity contribution in [2.45, 2.75) is 45.1 Å². The van der Waals surface area contributed by atoms with Gasteiger partial charge in [-0.15, -0.1) is 11.3 Å². The van der Waals surface area contributed by atoms with Crippen molar-refractivity contribution in [3.8, 4) is 16.9 Å². The predicted molar refractivity (Wildman–Crippen MR) is 104 cm³/mol. The van der Waals surface area contributed by atoms with Gasteiger partial charge < -0.3 is 4.74 Å². The van der Waals surface area contributed by atoms with Crippen molar-refractivity contribution < 1.29 is 13.5 Å². The number of rotatable bonds is 5. The fourth-order valence-electron chi connectivity index (χ4n) is 3.58. The van der Waals surface area contributed by atoms with E-state index in [1.807, 2.05) is 17.5 Å². The highest BCUT2D eigenvalue weighted by atomic mass is 32.1. The second kappa shape index (κ2) is 7.77. The number of ether oxygens (including phenoxy) is 1. The summed E-state index contributed by atoms with van der Waals surface area (Å²) in [5.41, 5.74) is 2.26. The Morgan fingerprint density at radius 2 is 1.85 bits per heavy atom. The van der Waals surface area contributed by atoms with Crippen LogP contribution in [0.1, 0.15) is 47.9 Å². The van der Waals surface area contributed by atoms with Gasteiger partial charge in [0, 0.05) is 28.5 Å². The molecule has 0 spiro atoms. The lowest BCUT2D eigenvalue weighted by molar-refractivity contribution is 0.303. The van der Waals surface area contributed by atoms with Gasteiger partial charge in [0.05, 0.1) is 10.7 Å². The maximum atomic E-state index is 14.3. The molecule has 3 aromatic rings. The molecule has 0 unspecified atom stereocenters. The molecule has 1 heterocycles. The number of aryl methyl sites for hydroxylation is 1. The smallest absolute Gasteiger partial charge is 0.134 e. The Labute approximate surface area is 161 Å². The standard InChI is InChI=1S/C22H21F2NOS/c1-14-10-18(20(24)11-19(14)23)17-8-4-5-9-21(17)26-12-16-13-27-22(25-16)15-6-2-3-7-15/h4-5,8-11,13,15H,2-3,6-7,12H2,1H3. The quantitative estimate of drug-likeness (QED) is 0.491. The molecule has 27 heavy (non-hydrogen) atoms. The van der Waals surface area contributed by atoms with Crippen LogP contribution >= 0.6 is 11.3 Å². The molecule has 0 bridgehead atoms. The van der Waals surface area contributed by atoms with Crippen LogP contribution in [0.15, 0.2) is 41.8 Å². The lowest BCUT2D eigenvalue weighted by Crippen LogP contribution is -2.00. The predicted octanol–water partition coefficient (Wildman–Crippen LogP) is 6.63. The van der Waals surface area contributed by atoms with Crippen molar-refractivity contribution in [1.82, 2.24) is 4.98 Å². The minimum absolute atomic E-state index is 0.335. The van der Waals surface area contributed by atoms with E-state index >= 15 is 0 Å². The largest absolute Gasteiger partial charge is 0.487 e. The number of thiazole rings is 1. The summed E-state index contributed by atoms with van der Waals surface area (Å²) in [6.07, 6.45) is 5.01. The molecular weight excluding hydrogens is 364 g/mol. The van der Waals surface area contributed by atoms with E-state index in [1.54, 1.807) is 30.4 Å². The van der Waals surface area contributed by atoms with Crippen molar-refractivity contribution in [1.29, 1.82) is 0 Å². The zero-order valence-electron chi connectivity index (χ0n) is 15.2. The first-order chi connectivity index (χ1) is 13.1. The summed E-state index contributed by atoms with van der Waals surface area (Å²) < 4.78 is 33.9. The van der Waals surface area contributed by atoms with Gasteiger partial charge in [0.2, 0.25) is 0 Å². The number of hydrogen-bond donors (Lipinski definition) is 0. The number of halogens is 2. The molecule has 1 aromatic heterocycles. The maximum Gasteiger partial charge on any atom is 0.134 e. The molecule has 0 N–H and O–H groups in total. The lowest BCUT2D eigenvalue weighted by atomic mass is 10.0. The first kappa shape index (κ1) is 18.1. The van der Waals surface area contributed by atoms with Crippen molar-refractivity contribution in [2.75, 3.05) is 0 Å². The van der Waals surface area contributed by atoms with Crippen LogP contribution in [0.5, 0.6) is 5.75 Å². The van der Waals surface area contributed by atoms with Gasteiger partial charge in [-0.2, -0.15) is 0 Å². The van der Waals surface area contributed by atoms with E-state index in [2.05, 4.69) is 0 Å². The van der Waals surface area contributed by atoms with Crippen LogP contribution in [0.4, 0.5) is 8.78 Å². The Bertz CT molecular complexity index is 947. The van der Waals surface area contributed by atoms with E-state index < -0.39 is 11.6 Å². The lowest BCUT2D eigenvalue weighted by Gasteiger charge is -2.12. The molecule has 140 valence electrons. The van der Waals surface area contributed by atoms with E-state index in [9.17, 15) is 8.78 Å². The van der Waals surface area contributed by atoms with E-state index in [4.69, 9.17) is 9.72 Å². The fraction of sp³-hybridized carbons (Fsp3) is 0.318. The van der Waals surface area contributed by atoms with Gasteiger partial charge in [-0.05, 0) is 37.5 Å². The van der Waals surface area contributed by atoms with Crippen molar-refractivity contribution >= 4 is 11.3 Å². The number of para-hydroxylation sites is 1. The summed E-state index contributed by atoms with van der Waals surface area (Å²) >= 11 is 1.70. The third-order valence-corrected chi connectivity index (χ3v) is 6.13. The van der Waals surface area contributed by atoms with Crippen LogP contribution < -0.4 is 4.74 Å². The molecule has 5 heteroatoms. The minimum atomic E-state index is -0.591. The Kier molecular flexibility index (Phi) is 5.21. The molecule has 1 aliphatic rings. The topological polar surface area (TPSA) is 22.1 Å². The van der Waals surface area contributed by atoms with Crippen LogP contribution in [0, 0.1) is 18.6 Å². The molecule has 0 saturated heterocycles. The Hall–Kier alpha value is -2.27. The fourth-order valence-corrected chi connectivity index (χ4v) is 4.56.